The molecular weight excluding hydrogens is 508 g/mol. The number of nitrogens with zero attached hydrogens (tertiary/aromatic N) is 2. The zero-order valence-electron chi connectivity index (χ0n) is 21.4. The molecule has 2 heterocycles. The summed E-state index contributed by atoms with van der Waals surface area (Å²) in [5, 5.41) is 2.63. The third-order valence-electron chi connectivity index (χ3n) is 7.52. The Kier molecular flexibility index (Phi) is 5.02. The van der Waals surface area contributed by atoms with Gasteiger partial charge < -0.3 is 9.47 Å². The molecule has 0 unspecified atom stereocenters. The molecule has 7 rings (SSSR count). The second-order valence-corrected chi connectivity index (χ2v) is 9.50. The fourth-order valence-corrected chi connectivity index (χ4v) is 5.71. The van der Waals surface area contributed by atoms with E-state index in [1.807, 2.05) is 24.3 Å². The molecule has 40 heavy (non-hydrogen) atoms. The van der Waals surface area contributed by atoms with Crippen LogP contribution in [0.1, 0.15) is 41.4 Å². The molecule has 8 heteroatoms. The van der Waals surface area contributed by atoms with E-state index in [0.29, 0.717) is 55.9 Å². The van der Waals surface area contributed by atoms with Crippen LogP contribution in [0.25, 0.3) is 21.5 Å². The highest BCUT2D eigenvalue weighted by Gasteiger charge is 2.38. The molecule has 0 spiro atoms. The first kappa shape index (κ1) is 23.6. The zero-order valence-corrected chi connectivity index (χ0v) is 21.4. The van der Waals surface area contributed by atoms with Gasteiger partial charge in [0.1, 0.15) is 11.5 Å². The summed E-state index contributed by atoms with van der Waals surface area (Å²) in [5.74, 6) is -1.25. The molecule has 8 nitrogen and oxygen atoms in total. The highest BCUT2D eigenvalue weighted by molar-refractivity contribution is 6.38. The Labute approximate surface area is 227 Å². The number of anilines is 2. The Morgan fingerprint density at radius 2 is 0.875 bits per heavy atom. The highest BCUT2D eigenvalue weighted by atomic mass is 16.5. The number of benzene rings is 5. The van der Waals surface area contributed by atoms with Crippen LogP contribution in [-0.2, 0) is 0 Å². The number of imide groups is 2. The van der Waals surface area contributed by atoms with Crippen molar-refractivity contribution in [3.05, 3.63) is 107 Å². The molecule has 2 aliphatic heterocycles. The van der Waals surface area contributed by atoms with Crippen LogP contribution in [0.4, 0.5) is 11.4 Å². The molecule has 0 saturated carbocycles. The van der Waals surface area contributed by atoms with E-state index in [9.17, 15) is 19.2 Å². The highest BCUT2D eigenvalue weighted by Crippen LogP contribution is 2.40. The zero-order chi connectivity index (χ0) is 27.7. The lowest BCUT2D eigenvalue weighted by atomic mass is 9.92. The molecule has 2 aliphatic rings. The summed E-state index contributed by atoms with van der Waals surface area (Å²) in [4.78, 5) is 56.7. The first-order valence-electron chi connectivity index (χ1n) is 12.5. The summed E-state index contributed by atoms with van der Waals surface area (Å²) in [6, 6.07) is 23.8. The maximum absolute atomic E-state index is 13.7. The van der Waals surface area contributed by atoms with E-state index in [1.165, 1.54) is 14.2 Å². The lowest BCUT2D eigenvalue weighted by Gasteiger charge is -2.30. The van der Waals surface area contributed by atoms with Crippen LogP contribution in [0.15, 0.2) is 84.9 Å². The van der Waals surface area contributed by atoms with Gasteiger partial charge in [0.25, 0.3) is 23.6 Å². The van der Waals surface area contributed by atoms with Crippen LogP contribution in [0.3, 0.4) is 0 Å². The first-order chi connectivity index (χ1) is 19.4. The van der Waals surface area contributed by atoms with Gasteiger partial charge in [0.15, 0.2) is 0 Å². The Morgan fingerprint density at radius 3 is 1.25 bits per heavy atom. The van der Waals surface area contributed by atoms with Crippen molar-refractivity contribution in [2.24, 2.45) is 0 Å². The van der Waals surface area contributed by atoms with Crippen LogP contribution in [0, 0.1) is 0 Å². The van der Waals surface area contributed by atoms with E-state index in [0.717, 1.165) is 20.6 Å². The Morgan fingerprint density at radius 1 is 0.475 bits per heavy atom. The number of methoxy groups -OCH3 is 2. The van der Waals surface area contributed by atoms with Gasteiger partial charge in [0.05, 0.1) is 36.7 Å². The van der Waals surface area contributed by atoms with Crippen molar-refractivity contribution >= 4 is 56.5 Å². The van der Waals surface area contributed by atoms with Crippen molar-refractivity contribution in [2.45, 2.75) is 0 Å². The van der Waals surface area contributed by atoms with E-state index in [-0.39, 0.29) is 0 Å². The number of hydrogen-bond donors (Lipinski definition) is 0. The minimum Gasteiger partial charge on any atom is -0.496 e. The maximum Gasteiger partial charge on any atom is 0.269 e. The van der Waals surface area contributed by atoms with Gasteiger partial charge in [0.2, 0.25) is 0 Å². The van der Waals surface area contributed by atoms with E-state index >= 15 is 0 Å². The fourth-order valence-electron chi connectivity index (χ4n) is 5.71. The minimum atomic E-state index is -0.519. The average molecular weight is 529 g/mol. The van der Waals surface area contributed by atoms with E-state index in [2.05, 4.69) is 0 Å². The van der Waals surface area contributed by atoms with E-state index in [4.69, 9.17) is 9.47 Å². The molecule has 0 N–H and O–H groups in total. The van der Waals surface area contributed by atoms with Gasteiger partial charge in [-0.25, -0.2) is 9.80 Å². The standard InChI is InChI=1S/C32H20N2O6/c1-39-23-15-9-17-5-3-7-21-25(17)27(23)31(37)33(29(21)35)19-11-13-20(14-12-19)34-30(36)22-8-4-6-18-10-16-24(40-2)28(26(18)22)32(34)38/h3-16H,1-2H3. The second-order valence-electron chi connectivity index (χ2n) is 9.50. The van der Waals surface area contributed by atoms with Gasteiger partial charge in [-0.05, 0) is 59.3 Å². The Balaban J connectivity index is 1.31. The van der Waals surface area contributed by atoms with E-state index < -0.39 is 23.6 Å². The molecule has 0 saturated heterocycles. The Hall–Kier alpha value is -5.50. The molecule has 0 aliphatic carbocycles. The van der Waals surface area contributed by atoms with Gasteiger partial charge in [-0.1, -0.05) is 36.4 Å². The summed E-state index contributed by atoms with van der Waals surface area (Å²) < 4.78 is 10.9. The summed E-state index contributed by atoms with van der Waals surface area (Å²) in [5.41, 5.74) is 1.96. The van der Waals surface area contributed by atoms with E-state index in [1.54, 1.807) is 60.7 Å². The van der Waals surface area contributed by atoms with Crippen molar-refractivity contribution < 1.29 is 28.7 Å². The van der Waals surface area contributed by atoms with Crippen molar-refractivity contribution in [3.63, 3.8) is 0 Å². The normalized spacial score (nSPS) is 14.3. The van der Waals surface area contributed by atoms with Crippen molar-refractivity contribution in [1.29, 1.82) is 0 Å². The predicted octanol–water partition coefficient (Wildman–Crippen LogP) is 5.61. The van der Waals surface area contributed by atoms with Crippen molar-refractivity contribution in [1.82, 2.24) is 0 Å². The predicted molar refractivity (Wildman–Crippen MR) is 150 cm³/mol. The molecule has 194 valence electrons. The molecule has 0 aromatic heterocycles. The summed E-state index contributed by atoms with van der Waals surface area (Å²) >= 11 is 0. The van der Waals surface area contributed by atoms with Crippen molar-refractivity contribution in [2.75, 3.05) is 24.0 Å². The molecule has 0 fully saturated rings. The summed E-state index contributed by atoms with van der Waals surface area (Å²) in [7, 11) is 2.95. The topological polar surface area (TPSA) is 93.2 Å². The molecule has 5 aromatic rings. The second kappa shape index (κ2) is 8.51. The monoisotopic (exact) mass is 528 g/mol. The molecule has 0 atom stereocenters. The minimum absolute atomic E-state index is 0.296. The molecule has 4 amide bonds. The smallest absolute Gasteiger partial charge is 0.269 e. The van der Waals surface area contributed by atoms with Crippen molar-refractivity contribution in [3.8, 4) is 11.5 Å². The van der Waals surface area contributed by atoms with Crippen LogP contribution in [0.2, 0.25) is 0 Å². The van der Waals surface area contributed by atoms with Gasteiger partial charge in [0, 0.05) is 21.9 Å². The van der Waals surface area contributed by atoms with Crippen LogP contribution < -0.4 is 19.3 Å². The first-order valence-corrected chi connectivity index (χ1v) is 12.5. The number of rotatable bonds is 4. The Bertz CT molecular complexity index is 1820. The lowest BCUT2D eigenvalue weighted by Crippen LogP contribution is -2.41. The van der Waals surface area contributed by atoms with Gasteiger partial charge in [-0.2, -0.15) is 0 Å². The third-order valence-corrected chi connectivity index (χ3v) is 7.52. The average Bonchev–Trinajstić information content (AvgIpc) is 2.98. The summed E-state index contributed by atoms with van der Waals surface area (Å²) in [6.07, 6.45) is 0. The van der Waals surface area contributed by atoms with Gasteiger partial charge in [-0.3, -0.25) is 19.2 Å². The maximum atomic E-state index is 13.7. The molecule has 0 radical (unpaired) electrons. The number of ether oxygens (including phenoxy) is 2. The van der Waals surface area contributed by atoms with Gasteiger partial charge >= 0.3 is 0 Å². The number of amides is 4. The lowest BCUT2D eigenvalue weighted by molar-refractivity contribution is 0.0875. The fraction of sp³-hybridized carbons (Fsp3) is 0.0625. The van der Waals surface area contributed by atoms with Gasteiger partial charge in [-0.15, -0.1) is 0 Å². The number of carbonyl (C=O) groups excluding carboxylic acids is 4. The molecule has 5 aromatic carbocycles. The SMILES string of the molecule is COc1ccc2cccc3c2c1C(=O)N(c1ccc(N2C(=O)c4cccc5ccc(OC)c(c45)C2=O)cc1)C3=O. The number of carbonyl (C=O) groups is 4. The molecule has 0 bridgehead atoms. The third kappa shape index (κ3) is 3.07. The largest absolute Gasteiger partial charge is 0.496 e. The number of hydrogen-bond acceptors (Lipinski definition) is 6. The molecular formula is C32H20N2O6. The quantitative estimate of drug-likeness (QED) is 0.282. The summed E-state index contributed by atoms with van der Waals surface area (Å²) in [6.45, 7) is 0. The van der Waals surface area contributed by atoms with Crippen LogP contribution >= 0.6 is 0 Å². The van der Waals surface area contributed by atoms with Crippen LogP contribution in [0.5, 0.6) is 11.5 Å². The van der Waals surface area contributed by atoms with Crippen LogP contribution in [-0.4, -0.2) is 37.8 Å².